The molecule has 0 radical (unpaired) electrons. The van der Waals surface area contributed by atoms with Crippen LogP contribution < -0.4 is 0 Å². The number of esters is 2. The maximum atomic E-state index is 12.4. The van der Waals surface area contributed by atoms with Gasteiger partial charge in [0.1, 0.15) is 6.61 Å². The van der Waals surface area contributed by atoms with Crippen molar-refractivity contribution in [3.05, 3.63) is 97.2 Å². The monoisotopic (exact) mass is 1060 g/mol. The van der Waals surface area contributed by atoms with Crippen LogP contribution in [0.25, 0.3) is 0 Å². The Morgan fingerprint density at radius 2 is 0.526 bits per heavy atom. The molecule has 0 aliphatic rings. The van der Waals surface area contributed by atoms with Crippen LogP contribution >= 0.6 is 0 Å². The van der Waals surface area contributed by atoms with E-state index in [0.717, 1.165) is 89.9 Å². The molecule has 1 unspecified atom stereocenters. The van der Waals surface area contributed by atoms with Crippen molar-refractivity contribution >= 4 is 11.9 Å². The molecule has 1 N–H and O–H groups in total. The zero-order chi connectivity index (χ0) is 54.8. The molecule has 0 heterocycles. The van der Waals surface area contributed by atoms with Crippen LogP contribution in [-0.2, 0) is 19.1 Å². The highest BCUT2D eigenvalue weighted by Crippen LogP contribution is 2.18. The Morgan fingerprint density at radius 3 is 0.789 bits per heavy atom. The van der Waals surface area contributed by atoms with Gasteiger partial charge in [-0.2, -0.15) is 0 Å². The first-order chi connectivity index (χ1) is 37.6. The van der Waals surface area contributed by atoms with Gasteiger partial charge in [0.05, 0.1) is 6.61 Å². The maximum Gasteiger partial charge on any atom is 0.306 e. The van der Waals surface area contributed by atoms with Gasteiger partial charge >= 0.3 is 11.9 Å². The summed E-state index contributed by atoms with van der Waals surface area (Å²) in [6.07, 6.45) is 94.2. The Morgan fingerprint density at radius 1 is 0.303 bits per heavy atom. The van der Waals surface area contributed by atoms with Crippen molar-refractivity contribution < 1.29 is 24.2 Å². The first-order valence-electron chi connectivity index (χ1n) is 32.8. The molecule has 0 fully saturated rings. The summed E-state index contributed by atoms with van der Waals surface area (Å²) in [5.74, 6) is -0.577. The molecule has 0 aromatic heterocycles. The van der Waals surface area contributed by atoms with Gasteiger partial charge in [-0.25, -0.2) is 0 Å². The van der Waals surface area contributed by atoms with Gasteiger partial charge in [0.2, 0.25) is 0 Å². The Labute approximate surface area is 472 Å². The molecule has 0 spiro atoms. The van der Waals surface area contributed by atoms with Gasteiger partial charge < -0.3 is 14.6 Å². The van der Waals surface area contributed by atoms with Gasteiger partial charge in [-0.3, -0.25) is 9.59 Å². The largest absolute Gasteiger partial charge is 0.462 e. The van der Waals surface area contributed by atoms with Crippen molar-refractivity contribution in [3.63, 3.8) is 0 Å². The van der Waals surface area contributed by atoms with Gasteiger partial charge in [-0.15, -0.1) is 0 Å². The van der Waals surface area contributed by atoms with Crippen LogP contribution in [0.3, 0.4) is 0 Å². The lowest BCUT2D eigenvalue weighted by Crippen LogP contribution is -2.28. The number of carbonyl (C=O) groups is 2. The van der Waals surface area contributed by atoms with Crippen molar-refractivity contribution in [1.29, 1.82) is 0 Å². The third-order valence-corrected chi connectivity index (χ3v) is 14.4. The summed E-state index contributed by atoms with van der Waals surface area (Å²) in [4.78, 5) is 24.6. The number of unbranched alkanes of at least 4 members (excludes halogenated alkanes) is 36. The molecule has 1 atom stereocenters. The summed E-state index contributed by atoms with van der Waals surface area (Å²) in [5, 5.41) is 9.69. The van der Waals surface area contributed by atoms with E-state index in [-0.39, 0.29) is 25.2 Å². The molecule has 0 rings (SSSR count). The van der Waals surface area contributed by atoms with E-state index in [4.69, 9.17) is 9.47 Å². The Kier molecular flexibility index (Phi) is 63.3. The van der Waals surface area contributed by atoms with Crippen LogP contribution in [0.5, 0.6) is 0 Å². The molecule has 5 nitrogen and oxygen atoms in total. The normalized spacial score (nSPS) is 12.8. The van der Waals surface area contributed by atoms with E-state index < -0.39 is 6.10 Å². The van der Waals surface area contributed by atoms with Gasteiger partial charge in [-0.05, 0) is 89.9 Å². The van der Waals surface area contributed by atoms with Crippen LogP contribution in [0.15, 0.2) is 97.2 Å². The first kappa shape index (κ1) is 72.8. The van der Waals surface area contributed by atoms with Crippen molar-refractivity contribution in [2.45, 2.75) is 328 Å². The van der Waals surface area contributed by atoms with Crippen LogP contribution in [0.1, 0.15) is 322 Å². The molecule has 0 bridgehead atoms. The summed E-state index contributed by atoms with van der Waals surface area (Å²) in [6, 6.07) is 0. The van der Waals surface area contributed by atoms with Crippen molar-refractivity contribution in [1.82, 2.24) is 0 Å². The second-order valence-electron chi connectivity index (χ2n) is 21.8. The van der Waals surface area contributed by atoms with E-state index in [1.807, 2.05) is 0 Å². The van der Waals surface area contributed by atoms with E-state index in [1.54, 1.807) is 0 Å². The zero-order valence-electron chi connectivity index (χ0n) is 50.3. The van der Waals surface area contributed by atoms with Crippen LogP contribution in [0, 0.1) is 0 Å². The fraction of sp³-hybridized carbons (Fsp3) is 0.746. The van der Waals surface area contributed by atoms with E-state index >= 15 is 0 Å². The van der Waals surface area contributed by atoms with E-state index in [0.29, 0.717) is 12.8 Å². The second kappa shape index (κ2) is 66.1. The molecule has 5 heteroatoms. The molecule has 76 heavy (non-hydrogen) atoms. The number of hydrogen-bond acceptors (Lipinski definition) is 5. The topological polar surface area (TPSA) is 72.8 Å². The number of allylic oxidation sites excluding steroid dienone is 16. The smallest absolute Gasteiger partial charge is 0.306 e. The first-order valence-corrected chi connectivity index (χ1v) is 32.8. The van der Waals surface area contributed by atoms with E-state index in [1.165, 1.54) is 205 Å². The van der Waals surface area contributed by atoms with Gasteiger partial charge in [-0.1, -0.05) is 317 Å². The van der Waals surface area contributed by atoms with E-state index in [9.17, 15) is 14.7 Å². The summed E-state index contributed by atoms with van der Waals surface area (Å²) < 4.78 is 10.8. The molecule has 0 aromatic rings. The second-order valence-corrected chi connectivity index (χ2v) is 21.8. The predicted molar refractivity (Wildman–Crippen MR) is 334 cm³/mol. The third-order valence-electron chi connectivity index (χ3n) is 14.4. The lowest BCUT2D eigenvalue weighted by atomic mass is 10.0. The van der Waals surface area contributed by atoms with E-state index in [2.05, 4.69) is 111 Å². The Hall–Kier alpha value is -3.18. The number of rotatable bonds is 60. The maximum absolute atomic E-state index is 12.4. The molecule has 0 saturated heterocycles. The SMILES string of the molecule is CC/C=C\C/C=C\C/C=C\C/C=C\CCCCCCCCCCCCCCCCCCCCC(=O)OCC(CO)OC(=O)CCCCCCCCCCCCCCCCCCCC/C=C\C/C=C\C/C=C\C/C=C\CC. The zero-order valence-corrected chi connectivity index (χ0v) is 50.3. The van der Waals surface area contributed by atoms with Crippen molar-refractivity contribution in [2.75, 3.05) is 13.2 Å². The molecular weight excluding hydrogens is 933 g/mol. The minimum atomic E-state index is -0.775. The lowest BCUT2D eigenvalue weighted by molar-refractivity contribution is -0.161. The average molecular weight is 1060 g/mol. The predicted octanol–water partition coefficient (Wildman–Crippen LogP) is 22.6. The molecule has 0 aliphatic heterocycles. The van der Waals surface area contributed by atoms with Crippen LogP contribution in [-0.4, -0.2) is 36.4 Å². The fourth-order valence-electron chi connectivity index (χ4n) is 9.54. The number of ether oxygens (including phenoxy) is 2. The quantitative estimate of drug-likeness (QED) is 0.0373. The van der Waals surface area contributed by atoms with Gasteiger partial charge in [0, 0.05) is 12.8 Å². The summed E-state index contributed by atoms with van der Waals surface area (Å²) in [7, 11) is 0. The highest BCUT2D eigenvalue weighted by molar-refractivity contribution is 5.70. The summed E-state index contributed by atoms with van der Waals surface area (Å²) in [5.41, 5.74) is 0. The van der Waals surface area contributed by atoms with Gasteiger partial charge in [0.25, 0.3) is 0 Å². The molecule has 0 aromatic carbocycles. The van der Waals surface area contributed by atoms with Crippen LogP contribution in [0.4, 0.5) is 0 Å². The molecule has 0 aliphatic carbocycles. The highest BCUT2D eigenvalue weighted by Gasteiger charge is 2.16. The highest BCUT2D eigenvalue weighted by atomic mass is 16.6. The minimum absolute atomic E-state index is 0.0648. The number of hydrogen-bond donors (Lipinski definition) is 1. The number of aliphatic hydroxyl groups excluding tert-OH is 1. The van der Waals surface area contributed by atoms with Crippen molar-refractivity contribution in [3.8, 4) is 0 Å². The molecule has 0 amide bonds. The molecular formula is C71H124O5. The Bertz CT molecular complexity index is 1430. The Balaban J connectivity index is 3.43. The minimum Gasteiger partial charge on any atom is -0.462 e. The lowest BCUT2D eigenvalue weighted by Gasteiger charge is -2.15. The third kappa shape index (κ3) is 63.4. The molecule has 438 valence electrons. The summed E-state index contributed by atoms with van der Waals surface area (Å²) in [6.45, 7) is 3.95. The summed E-state index contributed by atoms with van der Waals surface area (Å²) >= 11 is 0. The molecule has 0 saturated carbocycles. The average Bonchev–Trinajstić information content (AvgIpc) is 3.42. The number of carbonyl (C=O) groups excluding carboxylic acids is 2. The van der Waals surface area contributed by atoms with Crippen LogP contribution in [0.2, 0.25) is 0 Å². The fourth-order valence-corrected chi connectivity index (χ4v) is 9.54. The number of aliphatic hydroxyl groups is 1. The standard InChI is InChI=1S/C71H124O5/c1-3-5-7-9-11-13-15-17-19-21-23-25-27-29-31-33-35-37-39-41-43-45-47-49-51-53-55-57-59-61-63-65-70(73)75-68-69(67-72)76-71(74)66-64-62-60-58-56-54-52-50-48-46-44-42-40-38-36-34-32-30-28-26-24-22-20-18-16-14-12-10-8-6-4-2/h5-8,11-14,17-20,23-26,69,72H,3-4,9-10,15-16,21-22,27-68H2,1-2H3/b7-5-,8-6-,13-11-,14-12-,19-17-,20-18-,25-23-,26-24-. The van der Waals surface area contributed by atoms with Crippen molar-refractivity contribution in [2.24, 2.45) is 0 Å². The van der Waals surface area contributed by atoms with Gasteiger partial charge in [0.15, 0.2) is 6.10 Å².